The average Bonchev–Trinajstić information content (AvgIpc) is 2.81. The Bertz CT molecular complexity index is 686. The Hall–Kier alpha value is -1.87. The lowest BCUT2D eigenvalue weighted by Gasteiger charge is -2.25. The molecule has 0 N–H and O–H groups in total. The Balaban J connectivity index is 1.79. The van der Waals surface area contributed by atoms with Gasteiger partial charge >= 0.3 is 0 Å². The first-order valence-corrected chi connectivity index (χ1v) is 8.31. The van der Waals surface area contributed by atoms with Gasteiger partial charge in [-0.15, -0.1) is 0 Å². The van der Waals surface area contributed by atoms with E-state index in [1.165, 1.54) is 17.7 Å². The van der Waals surface area contributed by atoms with E-state index in [2.05, 4.69) is 0 Å². The van der Waals surface area contributed by atoms with Crippen LogP contribution in [0, 0.1) is 5.82 Å². The van der Waals surface area contributed by atoms with E-state index in [1.54, 1.807) is 12.1 Å². The van der Waals surface area contributed by atoms with Gasteiger partial charge in [0.05, 0.1) is 0 Å². The number of carbonyl (C=O) groups is 1. The van der Waals surface area contributed by atoms with Crippen LogP contribution in [-0.2, 0) is 0 Å². The van der Waals surface area contributed by atoms with Crippen LogP contribution in [0.3, 0.4) is 0 Å². The summed E-state index contributed by atoms with van der Waals surface area (Å²) < 4.78 is 13.4. The average molecular weight is 332 g/mol. The van der Waals surface area contributed by atoms with Gasteiger partial charge in [0.2, 0.25) is 0 Å². The number of halogens is 2. The summed E-state index contributed by atoms with van der Waals surface area (Å²) in [5.41, 5.74) is 1.62. The van der Waals surface area contributed by atoms with Crippen molar-refractivity contribution in [3.8, 4) is 0 Å². The molecule has 0 saturated carbocycles. The molecular formula is C19H19ClFNO. The van der Waals surface area contributed by atoms with Gasteiger partial charge in [-0.25, -0.2) is 4.39 Å². The van der Waals surface area contributed by atoms with Crippen molar-refractivity contribution in [3.63, 3.8) is 0 Å². The number of rotatable bonds is 2. The zero-order chi connectivity index (χ0) is 16.2. The number of amides is 1. The summed E-state index contributed by atoms with van der Waals surface area (Å²) in [6.07, 6.45) is 3.11. The van der Waals surface area contributed by atoms with E-state index in [1.807, 2.05) is 29.2 Å². The van der Waals surface area contributed by atoms with Gasteiger partial charge in [-0.2, -0.15) is 0 Å². The van der Waals surface area contributed by atoms with E-state index in [0.29, 0.717) is 18.0 Å². The molecule has 1 fully saturated rings. The van der Waals surface area contributed by atoms with Gasteiger partial charge in [-0.3, -0.25) is 4.79 Å². The van der Waals surface area contributed by atoms with Crippen LogP contribution in [0.2, 0.25) is 5.02 Å². The molecule has 1 unspecified atom stereocenters. The second-order valence-corrected chi connectivity index (χ2v) is 6.44. The summed E-state index contributed by atoms with van der Waals surface area (Å²) in [7, 11) is 0. The van der Waals surface area contributed by atoms with Crippen LogP contribution in [-0.4, -0.2) is 23.9 Å². The Labute approximate surface area is 140 Å². The van der Waals surface area contributed by atoms with Crippen molar-refractivity contribution < 1.29 is 9.18 Å². The highest BCUT2D eigenvalue weighted by Gasteiger charge is 2.24. The fourth-order valence-electron chi connectivity index (χ4n) is 3.14. The molecule has 120 valence electrons. The Morgan fingerprint density at radius 1 is 1.13 bits per heavy atom. The van der Waals surface area contributed by atoms with E-state index in [4.69, 9.17) is 11.6 Å². The fraction of sp³-hybridized carbons (Fsp3) is 0.316. The monoisotopic (exact) mass is 331 g/mol. The minimum absolute atomic E-state index is 0.0923. The topological polar surface area (TPSA) is 20.3 Å². The van der Waals surface area contributed by atoms with Gasteiger partial charge < -0.3 is 4.90 Å². The highest BCUT2D eigenvalue weighted by molar-refractivity contribution is 6.30. The number of hydrogen-bond donors (Lipinski definition) is 0. The van der Waals surface area contributed by atoms with Crippen molar-refractivity contribution in [2.75, 3.05) is 13.1 Å². The predicted molar refractivity (Wildman–Crippen MR) is 90.3 cm³/mol. The molecule has 0 aromatic heterocycles. The van der Waals surface area contributed by atoms with Crippen LogP contribution in [0.1, 0.15) is 41.1 Å². The molecule has 0 aliphatic carbocycles. The van der Waals surface area contributed by atoms with E-state index in [0.717, 1.165) is 30.8 Å². The van der Waals surface area contributed by atoms with Gasteiger partial charge in [0, 0.05) is 29.6 Å². The van der Waals surface area contributed by atoms with Gasteiger partial charge in [0.1, 0.15) is 5.82 Å². The second-order valence-electron chi connectivity index (χ2n) is 6.01. The van der Waals surface area contributed by atoms with Crippen molar-refractivity contribution in [3.05, 3.63) is 70.5 Å². The van der Waals surface area contributed by atoms with Crippen LogP contribution >= 0.6 is 11.6 Å². The number of hydrogen-bond acceptors (Lipinski definition) is 1. The minimum Gasteiger partial charge on any atom is -0.338 e. The molecule has 1 amide bonds. The Morgan fingerprint density at radius 2 is 1.91 bits per heavy atom. The molecule has 2 aromatic carbocycles. The summed E-state index contributed by atoms with van der Waals surface area (Å²) in [4.78, 5) is 14.5. The molecule has 2 aromatic rings. The Morgan fingerprint density at radius 3 is 2.65 bits per heavy atom. The first-order valence-electron chi connectivity index (χ1n) is 7.94. The highest BCUT2D eigenvalue weighted by atomic mass is 35.5. The maximum absolute atomic E-state index is 13.4. The van der Waals surface area contributed by atoms with Crippen molar-refractivity contribution in [2.24, 2.45) is 0 Å². The van der Waals surface area contributed by atoms with Gasteiger partial charge in [-0.05, 0) is 48.7 Å². The summed E-state index contributed by atoms with van der Waals surface area (Å²) in [6, 6.07) is 13.8. The van der Waals surface area contributed by atoms with Crippen LogP contribution < -0.4 is 0 Å². The fourth-order valence-corrected chi connectivity index (χ4v) is 3.26. The third-order valence-corrected chi connectivity index (χ3v) is 4.62. The van der Waals surface area contributed by atoms with Gasteiger partial charge in [0.25, 0.3) is 5.91 Å². The summed E-state index contributed by atoms with van der Waals surface area (Å²) in [6.45, 7) is 1.39. The summed E-state index contributed by atoms with van der Waals surface area (Å²) >= 11 is 5.96. The van der Waals surface area contributed by atoms with Crippen LogP contribution in [0.15, 0.2) is 48.5 Å². The molecule has 4 heteroatoms. The number of carbonyl (C=O) groups excluding carboxylic acids is 1. The molecule has 1 saturated heterocycles. The van der Waals surface area contributed by atoms with Crippen molar-refractivity contribution in [1.82, 2.24) is 4.90 Å². The van der Waals surface area contributed by atoms with Gasteiger partial charge in [0.15, 0.2) is 0 Å². The lowest BCUT2D eigenvalue weighted by Crippen LogP contribution is -2.34. The molecule has 0 radical (unpaired) electrons. The van der Waals surface area contributed by atoms with E-state index >= 15 is 0 Å². The summed E-state index contributed by atoms with van der Waals surface area (Å²) in [5, 5.41) is 0.718. The first kappa shape index (κ1) is 16.0. The second kappa shape index (κ2) is 7.14. The lowest BCUT2D eigenvalue weighted by atomic mass is 9.94. The lowest BCUT2D eigenvalue weighted by molar-refractivity contribution is 0.0754. The van der Waals surface area contributed by atoms with E-state index in [-0.39, 0.29) is 11.7 Å². The van der Waals surface area contributed by atoms with E-state index < -0.39 is 0 Å². The zero-order valence-electron chi connectivity index (χ0n) is 12.8. The molecular weight excluding hydrogens is 313 g/mol. The predicted octanol–water partition coefficient (Wildman–Crippen LogP) is 4.89. The van der Waals surface area contributed by atoms with Crippen LogP contribution in [0.4, 0.5) is 4.39 Å². The molecule has 0 bridgehead atoms. The van der Waals surface area contributed by atoms with Gasteiger partial charge in [-0.1, -0.05) is 36.2 Å². The van der Waals surface area contributed by atoms with E-state index in [9.17, 15) is 9.18 Å². The third-order valence-electron chi connectivity index (χ3n) is 4.37. The highest BCUT2D eigenvalue weighted by Crippen LogP contribution is 2.28. The number of likely N-dealkylation sites (tertiary alicyclic amines) is 1. The summed E-state index contributed by atoms with van der Waals surface area (Å²) in [5.74, 6) is -0.169. The normalized spacial score (nSPS) is 18.5. The maximum Gasteiger partial charge on any atom is 0.253 e. The van der Waals surface area contributed by atoms with Crippen molar-refractivity contribution in [2.45, 2.75) is 25.2 Å². The molecule has 0 spiro atoms. The van der Waals surface area contributed by atoms with Crippen LogP contribution in [0.5, 0.6) is 0 Å². The maximum atomic E-state index is 13.4. The SMILES string of the molecule is O=C(c1cccc(F)c1)N1CCCCC(c2ccc(Cl)cc2)C1. The van der Waals surface area contributed by atoms with Crippen LogP contribution in [0.25, 0.3) is 0 Å². The molecule has 3 rings (SSSR count). The molecule has 1 heterocycles. The molecule has 23 heavy (non-hydrogen) atoms. The number of nitrogens with zero attached hydrogens (tertiary/aromatic N) is 1. The number of benzene rings is 2. The quantitative estimate of drug-likeness (QED) is 0.767. The Kier molecular flexibility index (Phi) is 4.97. The molecule has 1 aliphatic rings. The third kappa shape index (κ3) is 3.91. The van der Waals surface area contributed by atoms with Crippen molar-refractivity contribution in [1.29, 1.82) is 0 Å². The molecule has 1 atom stereocenters. The minimum atomic E-state index is -0.375. The largest absolute Gasteiger partial charge is 0.338 e. The molecule has 1 aliphatic heterocycles. The zero-order valence-corrected chi connectivity index (χ0v) is 13.6. The first-order chi connectivity index (χ1) is 11.1. The smallest absolute Gasteiger partial charge is 0.253 e. The molecule has 2 nitrogen and oxygen atoms in total. The standard InChI is InChI=1S/C19H19ClFNO/c20-17-9-7-14(8-10-17)16-4-1-2-11-22(13-16)19(23)15-5-3-6-18(21)12-15/h3,5-10,12,16H,1-2,4,11,13H2. The van der Waals surface area contributed by atoms with Crippen molar-refractivity contribution >= 4 is 17.5 Å².